The average molecular weight is 195 g/mol. The van der Waals surface area contributed by atoms with Gasteiger partial charge in [-0.05, 0) is 30.2 Å². The number of hydrogen-bond acceptors (Lipinski definition) is 1. The van der Waals surface area contributed by atoms with E-state index in [1.165, 1.54) is 16.7 Å². The summed E-state index contributed by atoms with van der Waals surface area (Å²) in [4.78, 5) is 4.02. The fraction of sp³-hybridized carbons (Fsp3) is 0.0714. The van der Waals surface area contributed by atoms with Crippen molar-refractivity contribution in [1.29, 1.82) is 0 Å². The zero-order chi connectivity index (χ0) is 10.5. The normalized spacial score (nSPS) is 15.3. The maximum atomic E-state index is 4.02. The number of rotatable bonds is 1. The Morgan fingerprint density at radius 3 is 2.60 bits per heavy atom. The van der Waals surface area contributed by atoms with Crippen molar-refractivity contribution in [1.82, 2.24) is 4.98 Å². The van der Waals surface area contributed by atoms with Crippen molar-refractivity contribution in [2.24, 2.45) is 0 Å². The maximum absolute atomic E-state index is 4.02. The second-order valence-corrected chi connectivity index (χ2v) is 3.49. The molecule has 74 valence electrons. The van der Waals surface area contributed by atoms with Crippen LogP contribution >= 0.6 is 0 Å². The van der Waals surface area contributed by atoms with E-state index in [0.29, 0.717) is 0 Å². The first-order chi connectivity index (χ1) is 7.36. The van der Waals surface area contributed by atoms with E-state index in [0.717, 1.165) is 0 Å². The van der Waals surface area contributed by atoms with E-state index in [2.05, 4.69) is 36.2 Å². The highest BCUT2D eigenvalue weighted by Crippen LogP contribution is 2.18. The van der Waals surface area contributed by atoms with Crippen LogP contribution in [-0.2, 0) is 0 Å². The van der Waals surface area contributed by atoms with Crippen molar-refractivity contribution in [2.45, 2.75) is 6.92 Å². The van der Waals surface area contributed by atoms with Crippen molar-refractivity contribution < 1.29 is 0 Å². The number of pyridine rings is 1. The first kappa shape index (κ1) is 9.66. The van der Waals surface area contributed by atoms with E-state index < -0.39 is 0 Å². The standard InChI is InChI=1S/C14H13N/c1-12-5-3-2-4-6-14(11-12)13-7-9-15-10-8-13/h2-11H,1H3. The van der Waals surface area contributed by atoms with Gasteiger partial charge in [-0.1, -0.05) is 42.0 Å². The number of allylic oxidation sites excluding steroid dienone is 8. The van der Waals surface area contributed by atoms with Crippen LogP contribution in [0, 0.1) is 0 Å². The molecule has 0 aliphatic heterocycles. The maximum Gasteiger partial charge on any atom is 0.0273 e. The van der Waals surface area contributed by atoms with Crippen molar-refractivity contribution in [3.8, 4) is 0 Å². The fourth-order valence-corrected chi connectivity index (χ4v) is 1.50. The topological polar surface area (TPSA) is 12.9 Å². The highest BCUT2D eigenvalue weighted by atomic mass is 14.6. The lowest BCUT2D eigenvalue weighted by atomic mass is 10.0. The van der Waals surface area contributed by atoms with Crippen molar-refractivity contribution >= 4 is 5.57 Å². The molecule has 1 aliphatic carbocycles. The van der Waals surface area contributed by atoms with Crippen LogP contribution in [0.15, 0.2) is 66.6 Å². The summed E-state index contributed by atoms with van der Waals surface area (Å²) in [7, 11) is 0. The minimum Gasteiger partial charge on any atom is -0.265 e. The zero-order valence-electron chi connectivity index (χ0n) is 8.72. The second-order valence-electron chi connectivity index (χ2n) is 3.49. The Kier molecular flexibility index (Phi) is 2.93. The molecule has 15 heavy (non-hydrogen) atoms. The van der Waals surface area contributed by atoms with Gasteiger partial charge in [-0.2, -0.15) is 0 Å². The molecule has 0 saturated carbocycles. The van der Waals surface area contributed by atoms with Crippen molar-refractivity contribution in [3.05, 3.63) is 72.1 Å². The minimum atomic E-state index is 1.20. The van der Waals surface area contributed by atoms with Crippen LogP contribution in [-0.4, -0.2) is 4.98 Å². The van der Waals surface area contributed by atoms with Crippen LogP contribution in [0.4, 0.5) is 0 Å². The molecule has 1 aliphatic rings. The lowest BCUT2D eigenvalue weighted by Crippen LogP contribution is -1.83. The van der Waals surface area contributed by atoms with Gasteiger partial charge in [0, 0.05) is 12.4 Å². The molecule has 2 rings (SSSR count). The van der Waals surface area contributed by atoms with Gasteiger partial charge in [-0.3, -0.25) is 4.98 Å². The van der Waals surface area contributed by atoms with Crippen molar-refractivity contribution in [2.75, 3.05) is 0 Å². The van der Waals surface area contributed by atoms with Crippen LogP contribution in [0.25, 0.3) is 5.57 Å². The Labute approximate surface area is 90.2 Å². The molecule has 1 nitrogen and oxygen atoms in total. The molecule has 0 amide bonds. The van der Waals surface area contributed by atoms with Crippen LogP contribution in [0.1, 0.15) is 12.5 Å². The third-order valence-electron chi connectivity index (χ3n) is 2.25. The molecule has 1 heteroatoms. The molecular formula is C14H13N. The number of aromatic nitrogens is 1. The molecule has 1 aromatic rings. The Hall–Kier alpha value is -1.89. The number of nitrogens with zero attached hydrogens (tertiary/aromatic N) is 1. The lowest BCUT2D eigenvalue weighted by Gasteiger charge is -2.03. The molecule has 0 aromatic carbocycles. The fourth-order valence-electron chi connectivity index (χ4n) is 1.50. The summed E-state index contributed by atoms with van der Waals surface area (Å²) in [6, 6.07) is 4.05. The molecule has 0 unspecified atom stereocenters. The second kappa shape index (κ2) is 4.56. The molecule has 0 fully saturated rings. The predicted molar refractivity (Wildman–Crippen MR) is 64.3 cm³/mol. The number of hydrogen-bond donors (Lipinski definition) is 0. The van der Waals surface area contributed by atoms with E-state index in [-0.39, 0.29) is 0 Å². The van der Waals surface area contributed by atoms with Gasteiger partial charge in [-0.15, -0.1) is 0 Å². The van der Waals surface area contributed by atoms with Crippen LogP contribution in [0.2, 0.25) is 0 Å². The van der Waals surface area contributed by atoms with Crippen LogP contribution < -0.4 is 0 Å². The van der Waals surface area contributed by atoms with E-state index in [4.69, 9.17) is 0 Å². The summed E-state index contributed by atoms with van der Waals surface area (Å²) in [5.74, 6) is 0. The van der Waals surface area contributed by atoms with E-state index in [1.54, 1.807) is 0 Å². The summed E-state index contributed by atoms with van der Waals surface area (Å²) in [6.07, 6.45) is 16.2. The monoisotopic (exact) mass is 195 g/mol. The third kappa shape index (κ3) is 2.53. The summed E-state index contributed by atoms with van der Waals surface area (Å²) >= 11 is 0. The molecule has 0 N–H and O–H groups in total. The Morgan fingerprint density at radius 2 is 1.80 bits per heavy atom. The first-order valence-electron chi connectivity index (χ1n) is 5.00. The first-order valence-corrected chi connectivity index (χ1v) is 5.00. The summed E-state index contributed by atoms with van der Waals surface area (Å²) in [5, 5.41) is 0. The molecule has 1 heterocycles. The highest BCUT2D eigenvalue weighted by molar-refractivity contribution is 5.76. The Balaban J connectivity index is 2.40. The quantitative estimate of drug-likeness (QED) is 0.668. The van der Waals surface area contributed by atoms with Gasteiger partial charge < -0.3 is 0 Å². The van der Waals surface area contributed by atoms with E-state index in [9.17, 15) is 0 Å². The predicted octanol–water partition coefficient (Wildman–Crippen LogP) is 3.54. The molecule has 0 radical (unpaired) electrons. The van der Waals surface area contributed by atoms with E-state index >= 15 is 0 Å². The van der Waals surface area contributed by atoms with Gasteiger partial charge in [0.15, 0.2) is 0 Å². The summed E-state index contributed by atoms with van der Waals surface area (Å²) in [6.45, 7) is 2.10. The minimum absolute atomic E-state index is 1.20. The van der Waals surface area contributed by atoms with Gasteiger partial charge in [0.05, 0.1) is 0 Å². The Bertz CT molecular complexity index is 447. The van der Waals surface area contributed by atoms with Gasteiger partial charge >= 0.3 is 0 Å². The van der Waals surface area contributed by atoms with Crippen molar-refractivity contribution in [3.63, 3.8) is 0 Å². The molecule has 0 bridgehead atoms. The molecule has 0 saturated heterocycles. The van der Waals surface area contributed by atoms with Gasteiger partial charge in [0.1, 0.15) is 0 Å². The van der Waals surface area contributed by atoms with Gasteiger partial charge in [0.2, 0.25) is 0 Å². The van der Waals surface area contributed by atoms with Gasteiger partial charge in [0.25, 0.3) is 0 Å². The van der Waals surface area contributed by atoms with Crippen LogP contribution in [0.3, 0.4) is 0 Å². The SMILES string of the molecule is CC1=CC(c2ccncc2)=CC=CC=C1. The molecular weight excluding hydrogens is 182 g/mol. The third-order valence-corrected chi connectivity index (χ3v) is 2.25. The lowest BCUT2D eigenvalue weighted by molar-refractivity contribution is 1.32. The summed E-state index contributed by atoms with van der Waals surface area (Å²) < 4.78 is 0. The molecule has 0 atom stereocenters. The van der Waals surface area contributed by atoms with Gasteiger partial charge in [-0.25, -0.2) is 0 Å². The van der Waals surface area contributed by atoms with Crippen LogP contribution in [0.5, 0.6) is 0 Å². The Morgan fingerprint density at radius 1 is 1.00 bits per heavy atom. The largest absolute Gasteiger partial charge is 0.265 e. The zero-order valence-corrected chi connectivity index (χ0v) is 8.72. The molecule has 0 spiro atoms. The average Bonchev–Trinajstić information content (AvgIpc) is 2.24. The smallest absolute Gasteiger partial charge is 0.0273 e. The van der Waals surface area contributed by atoms with E-state index in [1.807, 2.05) is 36.7 Å². The highest BCUT2D eigenvalue weighted by Gasteiger charge is 1.97. The molecule has 1 aromatic heterocycles. The summed E-state index contributed by atoms with van der Waals surface area (Å²) in [5.41, 5.74) is 3.67.